The Kier molecular flexibility index (Phi) is 3.02. The zero-order chi connectivity index (χ0) is 11.8. The lowest BCUT2D eigenvalue weighted by molar-refractivity contribution is -0.129. The standard InChI is InChI=1S/C14H20O2/c1-10-5-6-12(13(15)8-10)14(16)7-3-4-11(2)9-14/h4,8,12,16H,3,5-7,9H2,1-2H3. The van der Waals surface area contributed by atoms with E-state index in [9.17, 15) is 9.90 Å². The molecular formula is C14H20O2. The van der Waals surface area contributed by atoms with Gasteiger partial charge >= 0.3 is 0 Å². The fourth-order valence-corrected chi connectivity index (χ4v) is 2.97. The summed E-state index contributed by atoms with van der Waals surface area (Å²) in [7, 11) is 0. The number of carbonyl (C=O) groups is 1. The predicted octanol–water partition coefficient (Wildman–Crippen LogP) is 2.77. The Balaban J connectivity index is 2.19. The van der Waals surface area contributed by atoms with Crippen LogP contribution in [0.3, 0.4) is 0 Å². The van der Waals surface area contributed by atoms with Gasteiger partial charge in [-0.1, -0.05) is 17.2 Å². The highest BCUT2D eigenvalue weighted by Gasteiger charge is 2.42. The van der Waals surface area contributed by atoms with Crippen molar-refractivity contribution in [2.75, 3.05) is 0 Å². The molecule has 88 valence electrons. The summed E-state index contributed by atoms with van der Waals surface area (Å²) in [6.45, 7) is 4.03. The molecule has 2 atom stereocenters. The van der Waals surface area contributed by atoms with Crippen molar-refractivity contribution in [3.05, 3.63) is 23.3 Å². The first-order valence-electron chi connectivity index (χ1n) is 6.10. The maximum Gasteiger partial charge on any atom is 0.161 e. The fourth-order valence-electron chi connectivity index (χ4n) is 2.97. The van der Waals surface area contributed by atoms with E-state index in [-0.39, 0.29) is 11.7 Å². The van der Waals surface area contributed by atoms with Gasteiger partial charge in [-0.25, -0.2) is 0 Å². The molecule has 0 saturated carbocycles. The predicted molar refractivity (Wildman–Crippen MR) is 64.0 cm³/mol. The molecule has 2 nitrogen and oxygen atoms in total. The van der Waals surface area contributed by atoms with Crippen molar-refractivity contribution in [2.24, 2.45) is 5.92 Å². The van der Waals surface area contributed by atoms with Crippen LogP contribution < -0.4 is 0 Å². The Morgan fingerprint density at radius 3 is 2.75 bits per heavy atom. The third kappa shape index (κ3) is 2.12. The molecule has 0 saturated heterocycles. The van der Waals surface area contributed by atoms with Crippen LogP contribution in [-0.2, 0) is 4.79 Å². The van der Waals surface area contributed by atoms with Crippen LogP contribution in [0.5, 0.6) is 0 Å². The van der Waals surface area contributed by atoms with E-state index < -0.39 is 5.60 Å². The van der Waals surface area contributed by atoms with Crippen LogP contribution in [0, 0.1) is 5.92 Å². The van der Waals surface area contributed by atoms with E-state index in [1.807, 2.05) is 13.8 Å². The van der Waals surface area contributed by atoms with Crippen molar-refractivity contribution >= 4 is 5.78 Å². The second kappa shape index (κ2) is 4.17. The molecule has 0 aromatic carbocycles. The van der Waals surface area contributed by atoms with Crippen molar-refractivity contribution in [3.63, 3.8) is 0 Å². The molecule has 0 aromatic rings. The zero-order valence-electron chi connectivity index (χ0n) is 10.1. The summed E-state index contributed by atoms with van der Waals surface area (Å²) in [6.07, 6.45) is 7.94. The second-order valence-electron chi connectivity index (χ2n) is 5.35. The van der Waals surface area contributed by atoms with Crippen LogP contribution in [0.2, 0.25) is 0 Å². The highest BCUT2D eigenvalue weighted by atomic mass is 16.3. The summed E-state index contributed by atoms with van der Waals surface area (Å²) in [5, 5.41) is 10.6. The van der Waals surface area contributed by atoms with Gasteiger partial charge in [-0.15, -0.1) is 0 Å². The minimum absolute atomic E-state index is 0.126. The van der Waals surface area contributed by atoms with Crippen LogP contribution in [0.15, 0.2) is 23.3 Å². The van der Waals surface area contributed by atoms with Gasteiger partial charge in [0.1, 0.15) is 0 Å². The Bertz CT molecular complexity index is 365. The minimum atomic E-state index is -0.785. The maximum absolute atomic E-state index is 12.0. The second-order valence-corrected chi connectivity index (χ2v) is 5.35. The summed E-state index contributed by atoms with van der Waals surface area (Å²) in [4.78, 5) is 12.0. The Morgan fingerprint density at radius 2 is 2.12 bits per heavy atom. The first kappa shape index (κ1) is 11.6. The average molecular weight is 220 g/mol. The SMILES string of the molecule is CC1=CC(=O)C(C2(O)CCC=C(C)C2)CC1. The summed E-state index contributed by atoms with van der Waals surface area (Å²) >= 11 is 0. The van der Waals surface area contributed by atoms with Gasteiger partial charge in [0.15, 0.2) is 5.78 Å². The molecule has 0 aliphatic heterocycles. The van der Waals surface area contributed by atoms with Crippen molar-refractivity contribution in [2.45, 2.75) is 51.6 Å². The normalized spacial score (nSPS) is 35.7. The number of allylic oxidation sites excluding steroid dienone is 3. The maximum atomic E-state index is 12.0. The van der Waals surface area contributed by atoms with E-state index in [2.05, 4.69) is 6.08 Å². The lowest BCUT2D eigenvalue weighted by atomic mass is 9.70. The van der Waals surface area contributed by atoms with Gasteiger partial charge in [-0.2, -0.15) is 0 Å². The van der Waals surface area contributed by atoms with Crippen LogP contribution in [0.25, 0.3) is 0 Å². The quantitative estimate of drug-likeness (QED) is 0.690. The van der Waals surface area contributed by atoms with Crippen LogP contribution in [-0.4, -0.2) is 16.5 Å². The van der Waals surface area contributed by atoms with E-state index in [0.717, 1.165) is 31.3 Å². The molecule has 1 N–H and O–H groups in total. The molecule has 16 heavy (non-hydrogen) atoms. The van der Waals surface area contributed by atoms with Gasteiger partial charge in [0.2, 0.25) is 0 Å². The third-order valence-corrected chi connectivity index (χ3v) is 3.86. The van der Waals surface area contributed by atoms with Gasteiger partial charge in [0, 0.05) is 0 Å². The van der Waals surface area contributed by atoms with E-state index in [1.54, 1.807) is 6.08 Å². The number of ketones is 1. The summed E-state index contributed by atoms with van der Waals surface area (Å²) in [6, 6.07) is 0. The van der Waals surface area contributed by atoms with Crippen molar-refractivity contribution < 1.29 is 9.90 Å². The first-order chi connectivity index (χ1) is 7.51. The van der Waals surface area contributed by atoms with E-state index >= 15 is 0 Å². The summed E-state index contributed by atoms with van der Waals surface area (Å²) in [5.74, 6) is -0.0548. The molecular weight excluding hydrogens is 200 g/mol. The number of rotatable bonds is 1. The Labute approximate surface area is 97.0 Å². The van der Waals surface area contributed by atoms with Crippen molar-refractivity contribution in [1.29, 1.82) is 0 Å². The van der Waals surface area contributed by atoms with Crippen molar-refractivity contribution in [3.8, 4) is 0 Å². The van der Waals surface area contributed by atoms with Crippen LogP contribution in [0.1, 0.15) is 46.0 Å². The largest absolute Gasteiger partial charge is 0.389 e. The highest BCUT2D eigenvalue weighted by Crippen LogP contribution is 2.39. The summed E-state index contributed by atoms with van der Waals surface area (Å²) < 4.78 is 0. The number of aliphatic hydroxyl groups is 1. The third-order valence-electron chi connectivity index (χ3n) is 3.86. The first-order valence-corrected chi connectivity index (χ1v) is 6.10. The van der Waals surface area contributed by atoms with E-state index in [0.29, 0.717) is 6.42 Å². The molecule has 0 amide bonds. The molecule has 0 aromatic heterocycles. The molecule has 2 rings (SSSR count). The Morgan fingerprint density at radius 1 is 1.38 bits per heavy atom. The number of hydrogen-bond acceptors (Lipinski definition) is 2. The van der Waals surface area contributed by atoms with Gasteiger partial charge in [-0.05, 0) is 52.0 Å². The molecule has 2 aliphatic carbocycles. The molecule has 2 aliphatic rings. The zero-order valence-corrected chi connectivity index (χ0v) is 10.1. The fraction of sp³-hybridized carbons (Fsp3) is 0.643. The monoisotopic (exact) mass is 220 g/mol. The van der Waals surface area contributed by atoms with E-state index in [4.69, 9.17) is 0 Å². The Hall–Kier alpha value is -0.890. The molecule has 0 fully saturated rings. The van der Waals surface area contributed by atoms with Crippen LogP contribution >= 0.6 is 0 Å². The lowest BCUT2D eigenvalue weighted by Crippen LogP contribution is -2.44. The van der Waals surface area contributed by atoms with Crippen LogP contribution in [0.4, 0.5) is 0 Å². The number of carbonyl (C=O) groups excluding carboxylic acids is 1. The van der Waals surface area contributed by atoms with Gasteiger partial charge in [-0.3, -0.25) is 4.79 Å². The number of hydrogen-bond donors (Lipinski definition) is 1. The molecule has 0 radical (unpaired) electrons. The van der Waals surface area contributed by atoms with Crippen molar-refractivity contribution in [1.82, 2.24) is 0 Å². The summed E-state index contributed by atoms with van der Waals surface area (Å²) in [5.41, 5.74) is 1.58. The van der Waals surface area contributed by atoms with Gasteiger partial charge in [0.05, 0.1) is 11.5 Å². The van der Waals surface area contributed by atoms with E-state index in [1.165, 1.54) is 5.57 Å². The highest BCUT2D eigenvalue weighted by molar-refractivity contribution is 5.94. The van der Waals surface area contributed by atoms with Gasteiger partial charge in [0.25, 0.3) is 0 Å². The lowest BCUT2D eigenvalue weighted by Gasteiger charge is -2.39. The smallest absolute Gasteiger partial charge is 0.161 e. The average Bonchev–Trinajstić information content (AvgIpc) is 2.16. The molecule has 0 spiro atoms. The minimum Gasteiger partial charge on any atom is -0.389 e. The molecule has 0 heterocycles. The van der Waals surface area contributed by atoms with Gasteiger partial charge < -0.3 is 5.11 Å². The topological polar surface area (TPSA) is 37.3 Å². The molecule has 0 bridgehead atoms. The molecule has 2 heteroatoms. The molecule has 2 unspecified atom stereocenters.